The normalized spacial score (nSPS) is 9.64. The van der Waals surface area contributed by atoms with Gasteiger partial charge < -0.3 is 9.47 Å². The Kier molecular flexibility index (Phi) is 3.29. The van der Waals surface area contributed by atoms with E-state index in [2.05, 4.69) is 15.9 Å². The molecule has 0 unspecified atom stereocenters. The second-order valence-corrected chi connectivity index (χ2v) is 3.21. The van der Waals surface area contributed by atoms with Crippen LogP contribution in [0.15, 0.2) is 16.6 Å². The molecule has 0 aliphatic heterocycles. The number of hydrogen-bond donors (Lipinski definition) is 0. The summed E-state index contributed by atoms with van der Waals surface area (Å²) in [5.74, 6) is 0.743. The lowest BCUT2D eigenvalue weighted by atomic mass is 10.3. The molecular formula is C8H8BrNO4. The largest absolute Gasteiger partial charge is 0.495 e. The molecule has 0 aliphatic carbocycles. The van der Waals surface area contributed by atoms with Crippen molar-refractivity contribution in [2.45, 2.75) is 0 Å². The van der Waals surface area contributed by atoms with Gasteiger partial charge in [0.25, 0.3) is 5.69 Å². The van der Waals surface area contributed by atoms with E-state index >= 15 is 0 Å². The Balaban J connectivity index is 3.32. The standard InChI is InChI=1S/C8H8BrNO4/c1-13-6-3-5(10(11)12)4-7(14-2)8(6)9/h3-4H,1-2H3. The Morgan fingerprint density at radius 1 is 1.29 bits per heavy atom. The maximum absolute atomic E-state index is 10.5. The zero-order chi connectivity index (χ0) is 10.7. The summed E-state index contributed by atoms with van der Waals surface area (Å²) in [6.45, 7) is 0. The Morgan fingerprint density at radius 3 is 2.00 bits per heavy atom. The van der Waals surface area contributed by atoms with Crippen molar-refractivity contribution in [3.63, 3.8) is 0 Å². The molecule has 1 aromatic rings. The number of ether oxygens (including phenoxy) is 2. The minimum atomic E-state index is -0.503. The van der Waals surface area contributed by atoms with E-state index in [4.69, 9.17) is 9.47 Å². The highest BCUT2D eigenvalue weighted by Gasteiger charge is 2.15. The van der Waals surface area contributed by atoms with Gasteiger partial charge >= 0.3 is 0 Å². The molecule has 1 rings (SSSR count). The lowest BCUT2D eigenvalue weighted by molar-refractivity contribution is -0.385. The average Bonchev–Trinajstić information content (AvgIpc) is 2.17. The number of rotatable bonds is 3. The van der Waals surface area contributed by atoms with Gasteiger partial charge in [-0.3, -0.25) is 10.1 Å². The highest BCUT2D eigenvalue weighted by Crippen LogP contribution is 2.37. The summed E-state index contributed by atoms with van der Waals surface area (Å²) in [5, 5.41) is 10.5. The maximum atomic E-state index is 10.5. The van der Waals surface area contributed by atoms with Gasteiger partial charge in [0, 0.05) is 0 Å². The highest BCUT2D eigenvalue weighted by molar-refractivity contribution is 9.10. The monoisotopic (exact) mass is 261 g/mol. The Morgan fingerprint density at radius 2 is 1.71 bits per heavy atom. The molecule has 0 aromatic heterocycles. The Bertz CT molecular complexity index is 341. The summed E-state index contributed by atoms with van der Waals surface area (Å²) in [5.41, 5.74) is -0.0677. The molecule has 0 amide bonds. The first-order chi connectivity index (χ1) is 6.60. The second-order valence-electron chi connectivity index (χ2n) is 2.42. The van der Waals surface area contributed by atoms with E-state index in [1.54, 1.807) is 0 Å². The smallest absolute Gasteiger partial charge is 0.276 e. The van der Waals surface area contributed by atoms with E-state index < -0.39 is 4.92 Å². The minimum absolute atomic E-state index is 0.0677. The van der Waals surface area contributed by atoms with Crippen molar-refractivity contribution >= 4 is 21.6 Å². The first kappa shape index (κ1) is 10.8. The first-order valence-electron chi connectivity index (χ1n) is 3.66. The molecule has 0 saturated heterocycles. The van der Waals surface area contributed by atoms with Gasteiger partial charge in [-0.1, -0.05) is 0 Å². The van der Waals surface area contributed by atoms with Crippen molar-refractivity contribution in [1.29, 1.82) is 0 Å². The van der Waals surface area contributed by atoms with Gasteiger partial charge in [0.1, 0.15) is 16.0 Å². The van der Waals surface area contributed by atoms with E-state index in [1.165, 1.54) is 26.4 Å². The number of nitro groups is 1. The van der Waals surface area contributed by atoms with Crippen molar-refractivity contribution in [3.8, 4) is 11.5 Å². The molecule has 0 spiro atoms. The molecule has 0 radical (unpaired) electrons. The molecule has 1 aromatic carbocycles. The van der Waals surface area contributed by atoms with Crippen LogP contribution in [0.3, 0.4) is 0 Å². The molecule has 5 nitrogen and oxygen atoms in total. The zero-order valence-corrected chi connectivity index (χ0v) is 9.20. The fraction of sp³-hybridized carbons (Fsp3) is 0.250. The van der Waals surface area contributed by atoms with Crippen molar-refractivity contribution in [2.24, 2.45) is 0 Å². The molecular weight excluding hydrogens is 254 g/mol. The Hall–Kier alpha value is -1.30. The van der Waals surface area contributed by atoms with Crippen LogP contribution in [0.5, 0.6) is 11.5 Å². The summed E-state index contributed by atoms with van der Waals surface area (Å²) >= 11 is 3.21. The van der Waals surface area contributed by atoms with Crippen LogP contribution < -0.4 is 9.47 Å². The third-order valence-electron chi connectivity index (χ3n) is 1.64. The molecule has 0 N–H and O–H groups in total. The van der Waals surface area contributed by atoms with Crippen molar-refractivity contribution in [3.05, 3.63) is 26.7 Å². The highest BCUT2D eigenvalue weighted by atomic mass is 79.9. The predicted molar refractivity (Wildman–Crippen MR) is 53.9 cm³/mol. The van der Waals surface area contributed by atoms with Gasteiger partial charge in [-0.15, -0.1) is 0 Å². The van der Waals surface area contributed by atoms with Gasteiger partial charge in [-0.05, 0) is 15.9 Å². The first-order valence-corrected chi connectivity index (χ1v) is 4.45. The van der Waals surface area contributed by atoms with Crippen LogP contribution in [-0.4, -0.2) is 19.1 Å². The molecule has 0 atom stereocenters. The van der Waals surface area contributed by atoms with Crippen molar-refractivity contribution in [2.75, 3.05) is 14.2 Å². The van der Waals surface area contributed by atoms with E-state index in [9.17, 15) is 10.1 Å². The maximum Gasteiger partial charge on any atom is 0.276 e. The van der Waals surface area contributed by atoms with Gasteiger partial charge in [0.15, 0.2) is 0 Å². The summed E-state index contributed by atoms with van der Waals surface area (Å²) in [6.07, 6.45) is 0. The summed E-state index contributed by atoms with van der Waals surface area (Å²) in [6, 6.07) is 2.65. The number of methoxy groups -OCH3 is 2. The third kappa shape index (κ3) is 1.95. The number of nitrogens with zero attached hydrogens (tertiary/aromatic N) is 1. The van der Waals surface area contributed by atoms with Crippen LogP contribution in [-0.2, 0) is 0 Å². The van der Waals surface area contributed by atoms with E-state index in [0.29, 0.717) is 16.0 Å². The van der Waals surface area contributed by atoms with Gasteiger partial charge in [-0.25, -0.2) is 0 Å². The average molecular weight is 262 g/mol. The molecule has 14 heavy (non-hydrogen) atoms. The number of hydrogen-bond acceptors (Lipinski definition) is 4. The lowest BCUT2D eigenvalue weighted by Gasteiger charge is -2.07. The van der Waals surface area contributed by atoms with Crippen molar-refractivity contribution in [1.82, 2.24) is 0 Å². The van der Waals surface area contributed by atoms with Crippen LogP contribution in [0, 0.1) is 10.1 Å². The number of nitro benzene ring substituents is 1. The van der Waals surface area contributed by atoms with E-state index in [1.807, 2.05) is 0 Å². The van der Waals surface area contributed by atoms with Gasteiger partial charge in [-0.2, -0.15) is 0 Å². The number of non-ortho nitro benzene ring substituents is 1. The quantitative estimate of drug-likeness (QED) is 0.619. The molecule has 0 fully saturated rings. The summed E-state index contributed by atoms with van der Waals surface area (Å²) in [7, 11) is 2.87. The summed E-state index contributed by atoms with van der Waals surface area (Å²) in [4.78, 5) is 10.0. The van der Waals surface area contributed by atoms with Crippen molar-refractivity contribution < 1.29 is 14.4 Å². The number of benzene rings is 1. The van der Waals surface area contributed by atoms with E-state index in [0.717, 1.165) is 0 Å². The van der Waals surface area contributed by atoms with Gasteiger partial charge in [0.05, 0.1) is 31.3 Å². The molecule has 0 bridgehead atoms. The SMILES string of the molecule is COc1cc([N+](=O)[O-])cc(OC)c1Br. The zero-order valence-electron chi connectivity index (χ0n) is 7.61. The van der Waals surface area contributed by atoms with Crippen LogP contribution >= 0.6 is 15.9 Å². The van der Waals surface area contributed by atoms with Crippen LogP contribution in [0.1, 0.15) is 0 Å². The van der Waals surface area contributed by atoms with E-state index in [-0.39, 0.29) is 5.69 Å². The van der Waals surface area contributed by atoms with Crippen LogP contribution in [0.25, 0.3) is 0 Å². The molecule has 0 heterocycles. The lowest BCUT2D eigenvalue weighted by Crippen LogP contribution is -1.94. The fourth-order valence-corrected chi connectivity index (χ4v) is 1.51. The molecule has 0 aliphatic rings. The third-order valence-corrected chi connectivity index (χ3v) is 2.42. The molecule has 6 heteroatoms. The number of halogens is 1. The molecule has 0 saturated carbocycles. The molecule has 76 valence electrons. The topological polar surface area (TPSA) is 61.6 Å². The second kappa shape index (κ2) is 4.28. The Labute approximate surface area is 88.9 Å². The van der Waals surface area contributed by atoms with Gasteiger partial charge in [0.2, 0.25) is 0 Å². The predicted octanol–water partition coefficient (Wildman–Crippen LogP) is 2.37. The fourth-order valence-electron chi connectivity index (χ4n) is 0.961. The minimum Gasteiger partial charge on any atom is -0.495 e. The van der Waals surface area contributed by atoms with Crippen LogP contribution in [0.2, 0.25) is 0 Å². The summed E-state index contributed by atoms with van der Waals surface area (Å²) < 4.78 is 10.5. The van der Waals surface area contributed by atoms with Crippen LogP contribution in [0.4, 0.5) is 5.69 Å².